The van der Waals surface area contributed by atoms with Crippen LogP contribution < -0.4 is 0 Å². The molecule has 1 saturated heterocycles. The molecule has 2 saturated carbocycles. The summed E-state index contributed by atoms with van der Waals surface area (Å²) in [5.41, 5.74) is 0. The number of carbonyl (C=O) groups is 1. The highest BCUT2D eigenvalue weighted by atomic mass is 16.8. The van der Waals surface area contributed by atoms with Crippen molar-refractivity contribution in [2.75, 3.05) is 19.6 Å². The fourth-order valence-corrected chi connectivity index (χ4v) is 5.46. The van der Waals surface area contributed by atoms with Crippen molar-refractivity contribution in [3.8, 4) is 0 Å². The summed E-state index contributed by atoms with van der Waals surface area (Å²) < 4.78 is 0. The molecular formula is C20H35N3O5-2. The van der Waals surface area contributed by atoms with E-state index >= 15 is 0 Å². The lowest BCUT2D eigenvalue weighted by Gasteiger charge is -2.39. The van der Waals surface area contributed by atoms with Gasteiger partial charge in [-0.05, 0) is 89.1 Å². The molecule has 2 atom stereocenters. The normalized spacial score (nSPS) is 33.5. The fraction of sp³-hybridized carbons (Fsp3) is 0.950. The molecule has 8 nitrogen and oxygen atoms in total. The monoisotopic (exact) mass is 397 g/mol. The number of nitrogens with zero attached hydrogens (tertiary/aromatic N) is 3. The summed E-state index contributed by atoms with van der Waals surface area (Å²) in [4.78, 5) is 14.9. The molecule has 0 amide bonds. The van der Waals surface area contributed by atoms with Crippen LogP contribution >= 0.6 is 0 Å². The largest absolute Gasteiger partial charge is 0.762 e. The van der Waals surface area contributed by atoms with Gasteiger partial charge < -0.3 is 20.8 Å². The first-order valence-corrected chi connectivity index (χ1v) is 11.0. The van der Waals surface area contributed by atoms with E-state index in [1.165, 1.54) is 6.42 Å². The molecule has 0 aromatic carbocycles. The van der Waals surface area contributed by atoms with Crippen LogP contribution in [-0.4, -0.2) is 63.3 Å². The molecule has 2 unspecified atom stereocenters. The van der Waals surface area contributed by atoms with Gasteiger partial charge in [0.15, 0.2) is 0 Å². The summed E-state index contributed by atoms with van der Waals surface area (Å²) >= 11 is 0. The Hall–Kier alpha value is -0.610. The summed E-state index contributed by atoms with van der Waals surface area (Å²) in [6, 6.07) is -0.647. The lowest BCUT2D eigenvalue weighted by molar-refractivity contribution is -0.130. The third-order valence-corrected chi connectivity index (χ3v) is 7.30. The van der Waals surface area contributed by atoms with Gasteiger partial charge in [0.05, 0.1) is 6.54 Å². The number of hydrogen-bond acceptors (Lipinski definition) is 8. The van der Waals surface area contributed by atoms with E-state index in [2.05, 4.69) is 4.90 Å². The molecule has 0 aromatic rings. The highest BCUT2D eigenvalue weighted by Gasteiger charge is 2.31. The molecule has 2 aliphatic carbocycles. The van der Waals surface area contributed by atoms with Crippen LogP contribution in [0.4, 0.5) is 0 Å². The second-order valence-corrected chi connectivity index (χ2v) is 9.22. The van der Waals surface area contributed by atoms with Crippen molar-refractivity contribution in [3.63, 3.8) is 0 Å². The molecular weight excluding hydrogens is 362 g/mol. The highest BCUT2D eigenvalue weighted by Crippen LogP contribution is 2.34. The van der Waals surface area contributed by atoms with Crippen molar-refractivity contribution in [3.05, 3.63) is 10.4 Å². The van der Waals surface area contributed by atoms with Gasteiger partial charge in [0, 0.05) is 18.0 Å². The molecule has 0 spiro atoms. The van der Waals surface area contributed by atoms with Gasteiger partial charge in [-0.15, -0.1) is 0 Å². The molecule has 8 heteroatoms. The number of piperidine rings is 1. The van der Waals surface area contributed by atoms with Gasteiger partial charge in [-0.25, -0.2) is 0 Å². The van der Waals surface area contributed by atoms with E-state index in [1.54, 1.807) is 0 Å². The first-order valence-electron chi connectivity index (χ1n) is 11.0. The topological polar surface area (TPSA) is 113 Å². The smallest absolute Gasteiger partial charge is 0.149 e. The minimum Gasteiger partial charge on any atom is -0.762 e. The van der Waals surface area contributed by atoms with E-state index in [-0.39, 0.29) is 28.2 Å². The van der Waals surface area contributed by atoms with E-state index in [9.17, 15) is 15.2 Å². The minimum atomic E-state index is -0.428. The lowest BCUT2D eigenvalue weighted by atomic mass is 9.78. The SMILES string of the molecule is O=C(CN1CCC(CC2CCC(N([O-])O)CC2)CC1)C1CCCC(N([O-])O)C1. The quantitative estimate of drug-likeness (QED) is 0.630. The van der Waals surface area contributed by atoms with Crippen LogP contribution in [0.2, 0.25) is 0 Å². The number of hydrogen-bond donors (Lipinski definition) is 2. The Bertz CT molecular complexity index is 488. The number of ketones is 1. The first-order chi connectivity index (χ1) is 13.4. The Morgan fingerprint density at radius 2 is 1.46 bits per heavy atom. The van der Waals surface area contributed by atoms with Gasteiger partial charge >= 0.3 is 0 Å². The summed E-state index contributed by atoms with van der Waals surface area (Å²) in [7, 11) is 0. The predicted molar refractivity (Wildman–Crippen MR) is 104 cm³/mol. The Morgan fingerprint density at radius 3 is 2.07 bits per heavy atom. The Morgan fingerprint density at radius 1 is 0.857 bits per heavy atom. The molecule has 3 fully saturated rings. The number of rotatable bonds is 7. The summed E-state index contributed by atoms with van der Waals surface area (Å²) in [5, 5.41) is 40.5. The first kappa shape index (κ1) is 22.1. The second-order valence-electron chi connectivity index (χ2n) is 9.22. The highest BCUT2D eigenvalue weighted by molar-refractivity contribution is 5.83. The van der Waals surface area contributed by atoms with E-state index in [0.29, 0.717) is 31.2 Å². The molecule has 3 aliphatic rings. The number of hydroxylamine groups is 4. The predicted octanol–water partition coefficient (Wildman–Crippen LogP) is 3.15. The van der Waals surface area contributed by atoms with Crippen LogP contribution in [-0.2, 0) is 4.79 Å². The molecule has 0 radical (unpaired) electrons. The zero-order chi connectivity index (χ0) is 20.1. The van der Waals surface area contributed by atoms with Crippen LogP contribution in [0, 0.1) is 28.2 Å². The summed E-state index contributed by atoms with van der Waals surface area (Å²) in [5.74, 6) is 1.46. The molecule has 0 aromatic heterocycles. The zero-order valence-corrected chi connectivity index (χ0v) is 16.7. The van der Waals surface area contributed by atoms with Crippen LogP contribution in [0.25, 0.3) is 0 Å². The van der Waals surface area contributed by atoms with Crippen molar-refractivity contribution in [1.82, 2.24) is 15.4 Å². The van der Waals surface area contributed by atoms with Crippen LogP contribution in [0.15, 0.2) is 0 Å². The van der Waals surface area contributed by atoms with E-state index < -0.39 is 6.04 Å². The van der Waals surface area contributed by atoms with Gasteiger partial charge in [0.2, 0.25) is 0 Å². The van der Waals surface area contributed by atoms with Gasteiger partial charge in [-0.3, -0.25) is 20.1 Å². The Labute approximate surface area is 167 Å². The fourth-order valence-electron chi connectivity index (χ4n) is 5.46. The maximum Gasteiger partial charge on any atom is 0.149 e. The van der Waals surface area contributed by atoms with Gasteiger partial charge in [0.1, 0.15) is 5.78 Å². The third-order valence-electron chi connectivity index (χ3n) is 7.30. The average Bonchev–Trinajstić information content (AvgIpc) is 2.70. The van der Waals surface area contributed by atoms with Crippen molar-refractivity contribution in [2.45, 2.75) is 82.7 Å². The Kier molecular flexibility index (Phi) is 8.22. The van der Waals surface area contributed by atoms with Crippen molar-refractivity contribution < 1.29 is 15.2 Å². The van der Waals surface area contributed by atoms with Crippen LogP contribution in [0.3, 0.4) is 0 Å². The zero-order valence-electron chi connectivity index (χ0n) is 16.7. The maximum atomic E-state index is 12.6. The lowest BCUT2D eigenvalue weighted by Crippen LogP contribution is -2.42. The number of likely N-dealkylation sites (tertiary alicyclic amines) is 1. The molecule has 3 rings (SSSR count). The summed E-state index contributed by atoms with van der Waals surface area (Å²) in [6.45, 7) is 2.36. The molecule has 2 N–H and O–H groups in total. The Balaban J connectivity index is 1.34. The van der Waals surface area contributed by atoms with Gasteiger partial charge in [0.25, 0.3) is 0 Å². The molecule has 28 heavy (non-hydrogen) atoms. The average molecular weight is 398 g/mol. The van der Waals surface area contributed by atoms with Crippen molar-refractivity contribution in [1.29, 1.82) is 0 Å². The molecule has 1 heterocycles. The number of carbonyl (C=O) groups excluding carboxylic acids is 1. The van der Waals surface area contributed by atoms with Gasteiger partial charge in [-0.2, -0.15) is 0 Å². The second kappa shape index (κ2) is 10.4. The maximum absolute atomic E-state index is 12.6. The van der Waals surface area contributed by atoms with Gasteiger partial charge in [-0.1, -0.05) is 6.42 Å². The molecule has 0 bridgehead atoms. The number of Topliss-reactive ketones (excluding diaryl/α,β-unsaturated/α-hetero) is 1. The summed E-state index contributed by atoms with van der Waals surface area (Å²) in [6.07, 6.45) is 9.83. The van der Waals surface area contributed by atoms with E-state index in [4.69, 9.17) is 10.4 Å². The van der Waals surface area contributed by atoms with Crippen LogP contribution in [0.1, 0.15) is 70.6 Å². The van der Waals surface area contributed by atoms with Crippen molar-refractivity contribution in [2.24, 2.45) is 17.8 Å². The van der Waals surface area contributed by atoms with Crippen LogP contribution in [0.5, 0.6) is 0 Å². The van der Waals surface area contributed by atoms with E-state index in [1.807, 2.05) is 0 Å². The van der Waals surface area contributed by atoms with Crippen molar-refractivity contribution >= 4 is 5.78 Å². The molecule has 1 aliphatic heterocycles. The van der Waals surface area contributed by atoms with E-state index in [0.717, 1.165) is 64.5 Å². The minimum absolute atomic E-state index is 0.0353. The standard InChI is InChI=1S/C20H35N3O5/c24-20(17-2-1-3-19(13-17)23(27)28)14-21-10-8-16(9-11-21)12-15-4-6-18(7-5-15)22(25)26/h15-19,25,27H,1-14H2/q-2. The third kappa shape index (κ3) is 6.19. The molecule has 162 valence electrons.